The Morgan fingerprint density at radius 3 is 2.96 bits per heavy atom. The van der Waals surface area contributed by atoms with Crippen molar-refractivity contribution in [1.29, 1.82) is 0 Å². The molecule has 1 aliphatic rings. The van der Waals surface area contributed by atoms with E-state index < -0.39 is 0 Å². The maximum Gasteiger partial charge on any atom is 0.265 e. The zero-order chi connectivity index (χ0) is 16.4. The lowest BCUT2D eigenvalue weighted by atomic mass is 10.3. The van der Waals surface area contributed by atoms with Gasteiger partial charge < -0.3 is 14.5 Å². The van der Waals surface area contributed by atoms with Gasteiger partial charge >= 0.3 is 0 Å². The van der Waals surface area contributed by atoms with E-state index in [1.807, 2.05) is 30.8 Å². The lowest BCUT2D eigenvalue weighted by Gasteiger charge is -2.17. The minimum atomic E-state index is -0.0566. The topological polar surface area (TPSA) is 71.5 Å². The van der Waals surface area contributed by atoms with Crippen LogP contribution in [0.5, 0.6) is 5.88 Å². The summed E-state index contributed by atoms with van der Waals surface area (Å²) in [6.07, 6.45) is 4.02. The standard InChI is InChI=1S/C15H19N5O2S/c1-10-14(23-9-17-10)15(21)20-5-4-11(8-20)22-13-7-16-6-12(18-13)19(2)3/h6-7,9,11H,4-5,8H2,1-3H3/t11-/m0/s1. The molecule has 0 unspecified atom stereocenters. The Bertz CT molecular complexity index is 703. The Morgan fingerprint density at radius 2 is 2.26 bits per heavy atom. The van der Waals surface area contributed by atoms with Crippen molar-refractivity contribution in [1.82, 2.24) is 19.9 Å². The zero-order valence-electron chi connectivity index (χ0n) is 13.4. The molecule has 0 radical (unpaired) electrons. The summed E-state index contributed by atoms with van der Waals surface area (Å²) < 4.78 is 5.89. The second kappa shape index (κ2) is 6.49. The van der Waals surface area contributed by atoms with E-state index in [0.29, 0.717) is 23.8 Å². The summed E-state index contributed by atoms with van der Waals surface area (Å²) in [6.45, 7) is 3.10. The van der Waals surface area contributed by atoms with Gasteiger partial charge in [0.2, 0.25) is 5.88 Å². The Morgan fingerprint density at radius 1 is 1.43 bits per heavy atom. The third-order valence-electron chi connectivity index (χ3n) is 3.72. The first kappa shape index (κ1) is 15.7. The maximum absolute atomic E-state index is 12.5. The highest BCUT2D eigenvalue weighted by atomic mass is 32.1. The van der Waals surface area contributed by atoms with Crippen LogP contribution in [0.15, 0.2) is 17.9 Å². The number of nitrogens with zero attached hydrogens (tertiary/aromatic N) is 5. The van der Waals surface area contributed by atoms with Crippen molar-refractivity contribution < 1.29 is 9.53 Å². The number of anilines is 1. The largest absolute Gasteiger partial charge is 0.471 e. The molecule has 2 aromatic heterocycles. The molecule has 122 valence electrons. The summed E-state index contributed by atoms with van der Waals surface area (Å²) in [6, 6.07) is 0. The van der Waals surface area contributed by atoms with Crippen molar-refractivity contribution >= 4 is 23.1 Å². The summed E-state index contributed by atoms with van der Waals surface area (Å²) in [5.41, 5.74) is 2.49. The van der Waals surface area contributed by atoms with E-state index in [0.717, 1.165) is 17.9 Å². The first-order chi connectivity index (χ1) is 11.0. The number of ether oxygens (including phenoxy) is 1. The summed E-state index contributed by atoms with van der Waals surface area (Å²) in [5.74, 6) is 1.27. The zero-order valence-corrected chi connectivity index (χ0v) is 14.2. The molecule has 1 atom stereocenters. The van der Waals surface area contributed by atoms with Crippen molar-refractivity contribution in [3.05, 3.63) is 28.5 Å². The van der Waals surface area contributed by atoms with Gasteiger partial charge in [-0.15, -0.1) is 11.3 Å². The number of carbonyl (C=O) groups excluding carboxylic acids is 1. The molecule has 1 amide bonds. The molecule has 3 rings (SSSR count). The van der Waals surface area contributed by atoms with Gasteiger partial charge in [0, 0.05) is 27.1 Å². The molecule has 1 fully saturated rings. The van der Waals surface area contributed by atoms with Gasteiger partial charge in [-0.2, -0.15) is 4.98 Å². The number of aromatic nitrogens is 3. The van der Waals surface area contributed by atoms with E-state index in [4.69, 9.17) is 4.74 Å². The van der Waals surface area contributed by atoms with Gasteiger partial charge in [0.25, 0.3) is 5.91 Å². The first-order valence-electron chi connectivity index (χ1n) is 7.40. The number of hydrogen-bond donors (Lipinski definition) is 0. The summed E-state index contributed by atoms with van der Waals surface area (Å²) in [5, 5.41) is 0. The van der Waals surface area contributed by atoms with Crippen LogP contribution in [0, 0.1) is 6.92 Å². The van der Waals surface area contributed by atoms with Crippen molar-refractivity contribution in [3.63, 3.8) is 0 Å². The second-order valence-corrected chi connectivity index (χ2v) is 6.51. The van der Waals surface area contributed by atoms with E-state index in [9.17, 15) is 4.79 Å². The van der Waals surface area contributed by atoms with Gasteiger partial charge in [-0.3, -0.25) is 9.78 Å². The summed E-state index contributed by atoms with van der Waals surface area (Å²) >= 11 is 1.38. The fourth-order valence-corrected chi connectivity index (χ4v) is 3.21. The van der Waals surface area contributed by atoms with Crippen LogP contribution in [-0.4, -0.2) is 59.0 Å². The molecule has 1 saturated heterocycles. The van der Waals surface area contributed by atoms with E-state index in [1.165, 1.54) is 11.3 Å². The molecule has 7 nitrogen and oxygen atoms in total. The maximum atomic E-state index is 12.5. The molecule has 0 aromatic carbocycles. The predicted molar refractivity (Wildman–Crippen MR) is 88.1 cm³/mol. The average Bonchev–Trinajstić information content (AvgIpc) is 3.16. The lowest BCUT2D eigenvalue weighted by molar-refractivity contribution is 0.0775. The van der Waals surface area contributed by atoms with Gasteiger partial charge in [0.15, 0.2) is 5.82 Å². The van der Waals surface area contributed by atoms with Crippen molar-refractivity contribution in [3.8, 4) is 5.88 Å². The van der Waals surface area contributed by atoms with E-state index in [2.05, 4.69) is 15.0 Å². The fourth-order valence-electron chi connectivity index (χ4n) is 2.44. The third-order valence-corrected chi connectivity index (χ3v) is 4.63. The third kappa shape index (κ3) is 3.42. The van der Waals surface area contributed by atoms with E-state index in [1.54, 1.807) is 17.9 Å². The summed E-state index contributed by atoms with van der Waals surface area (Å²) in [4.78, 5) is 29.5. The smallest absolute Gasteiger partial charge is 0.265 e. The molecule has 8 heteroatoms. The van der Waals surface area contributed by atoms with Crippen LogP contribution in [0.25, 0.3) is 0 Å². The van der Waals surface area contributed by atoms with Crippen molar-refractivity contribution in [2.24, 2.45) is 0 Å². The molecule has 1 aliphatic heterocycles. The minimum absolute atomic E-state index is 0.0317. The highest BCUT2D eigenvalue weighted by Crippen LogP contribution is 2.22. The van der Waals surface area contributed by atoms with Gasteiger partial charge in [-0.05, 0) is 6.92 Å². The van der Waals surface area contributed by atoms with Gasteiger partial charge in [-0.25, -0.2) is 4.98 Å². The van der Waals surface area contributed by atoms with Crippen LogP contribution in [0.3, 0.4) is 0 Å². The van der Waals surface area contributed by atoms with Gasteiger partial charge in [0.05, 0.1) is 30.1 Å². The van der Waals surface area contributed by atoms with Gasteiger partial charge in [-0.1, -0.05) is 0 Å². The predicted octanol–water partition coefficient (Wildman–Crippen LogP) is 1.60. The Hall–Kier alpha value is -2.22. The number of carbonyl (C=O) groups is 1. The van der Waals surface area contributed by atoms with E-state index in [-0.39, 0.29) is 12.0 Å². The molecule has 0 bridgehead atoms. The molecule has 0 aliphatic carbocycles. The molecular formula is C15H19N5O2S. The summed E-state index contributed by atoms with van der Waals surface area (Å²) in [7, 11) is 3.81. The van der Waals surface area contributed by atoms with Gasteiger partial charge in [0.1, 0.15) is 11.0 Å². The first-order valence-corrected chi connectivity index (χ1v) is 8.28. The Labute approximate surface area is 138 Å². The van der Waals surface area contributed by atoms with Crippen LogP contribution in [0.2, 0.25) is 0 Å². The van der Waals surface area contributed by atoms with E-state index >= 15 is 0 Å². The molecule has 2 aromatic rings. The Balaban J connectivity index is 1.63. The monoisotopic (exact) mass is 333 g/mol. The van der Waals surface area contributed by atoms with Crippen molar-refractivity contribution in [2.45, 2.75) is 19.4 Å². The highest BCUT2D eigenvalue weighted by molar-refractivity contribution is 7.11. The lowest BCUT2D eigenvalue weighted by Crippen LogP contribution is -2.31. The number of thiazole rings is 1. The average molecular weight is 333 g/mol. The number of likely N-dealkylation sites (tertiary alicyclic amines) is 1. The quantitative estimate of drug-likeness (QED) is 0.846. The normalized spacial score (nSPS) is 17.3. The number of rotatable bonds is 4. The highest BCUT2D eigenvalue weighted by Gasteiger charge is 2.30. The molecule has 3 heterocycles. The molecule has 0 N–H and O–H groups in total. The van der Waals surface area contributed by atoms with Crippen LogP contribution in [-0.2, 0) is 0 Å². The van der Waals surface area contributed by atoms with Crippen LogP contribution < -0.4 is 9.64 Å². The fraction of sp³-hybridized carbons (Fsp3) is 0.467. The molecular weight excluding hydrogens is 314 g/mol. The number of aryl methyl sites for hydroxylation is 1. The number of hydrogen-bond acceptors (Lipinski definition) is 7. The number of amides is 1. The van der Waals surface area contributed by atoms with Crippen molar-refractivity contribution in [2.75, 3.05) is 32.1 Å². The van der Waals surface area contributed by atoms with Crippen LogP contribution in [0.4, 0.5) is 5.82 Å². The minimum Gasteiger partial charge on any atom is -0.471 e. The molecule has 0 saturated carbocycles. The molecule has 0 spiro atoms. The Kier molecular flexibility index (Phi) is 4.42. The van der Waals surface area contributed by atoms with Crippen LogP contribution in [0.1, 0.15) is 21.8 Å². The van der Waals surface area contributed by atoms with Crippen LogP contribution >= 0.6 is 11.3 Å². The molecule has 23 heavy (non-hydrogen) atoms. The SMILES string of the molecule is Cc1ncsc1C(=O)N1CC[C@H](Oc2cncc(N(C)C)n2)C1. The second-order valence-electron chi connectivity index (χ2n) is 5.66.